The van der Waals surface area contributed by atoms with Crippen LogP contribution in [0.1, 0.15) is 5.56 Å². The summed E-state index contributed by atoms with van der Waals surface area (Å²) in [6.07, 6.45) is 0. The fourth-order valence-corrected chi connectivity index (χ4v) is 3.15. The van der Waals surface area contributed by atoms with Crippen LogP contribution in [0, 0.1) is 17.0 Å². The van der Waals surface area contributed by atoms with E-state index in [-0.39, 0.29) is 17.1 Å². The molecule has 1 N–H and O–H groups in total. The zero-order valence-corrected chi connectivity index (χ0v) is 15.8. The Bertz CT molecular complexity index is 1020. The Balaban J connectivity index is 1.71. The number of aromatic nitrogens is 4. The fourth-order valence-electron chi connectivity index (χ4n) is 2.47. The number of nitrogens with one attached hydrogen (secondary N) is 1. The van der Waals surface area contributed by atoms with Crippen LogP contribution < -0.4 is 10.1 Å². The summed E-state index contributed by atoms with van der Waals surface area (Å²) in [5, 5.41) is 25.6. The molecule has 0 spiro atoms. The van der Waals surface area contributed by atoms with Gasteiger partial charge in [-0.3, -0.25) is 14.9 Å². The first kappa shape index (κ1) is 19.3. The number of ether oxygens (including phenoxy) is 1. The van der Waals surface area contributed by atoms with Gasteiger partial charge in [-0.25, -0.2) is 0 Å². The normalized spacial score (nSPS) is 10.5. The smallest absolute Gasteiger partial charge is 0.292 e. The highest BCUT2D eigenvalue weighted by Gasteiger charge is 2.17. The molecule has 1 heterocycles. The number of carbonyl (C=O) groups is 1. The maximum Gasteiger partial charge on any atom is 0.292 e. The number of rotatable bonds is 7. The molecule has 2 aromatic carbocycles. The third-order valence-corrected chi connectivity index (χ3v) is 4.70. The molecule has 144 valence electrons. The molecule has 0 aliphatic carbocycles. The number of hydrogen-bond donors (Lipinski definition) is 1. The van der Waals surface area contributed by atoms with E-state index in [0.29, 0.717) is 10.9 Å². The molecule has 0 bridgehead atoms. The van der Waals surface area contributed by atoms with Crippen LogP contribution in [-0.2, 0) is 4.79 Å². The van der Waals surface area contributed by atoms with Crippen molar-refractivity contribution in [3.05, 3.63) is 58.1 Å². The number of nitrogens with zero attached hydrogens (tertiary/aromatic N) is 5. The van der Waals surface area contributed by atoms with Crippen LogP contribution >= 0.6 is 11.8 Å². The molecule has 28 heavy (non-hydrogen) atoms. The van der Waals surface area contributed by atoms with Crippen molar-refractivity contribution >= 4 is 29.0 Å². The first-order valence-electron chi connectivity index (χ1n) is 8.09. The molecule has 0 aliphatic heterocycles. The third-order valence-electron chi connectivity index (χ3n) is 3.78. The third kappa shape index (κ3) is 4.26. The van der Waals surface area contributed by atoms with E-state index in [9.17, 15) is 14.9 Å². The number of tetrazole rings is 1. The Hall–Kier alpha value is -3.47. The molecule has 11 heteroatoms. The van der Waals surface area contributed by atoms with Crippen molar-refractivity contribution in [1.82, 2.24) is 20.2 Å². The van der Waals surface area contributed by atoms with Gasteiger partial charge in [0, 0.05) is 6.07 Å². The van der Waals surface area contributed by atoms with Crippen molar-refractivity contribution in [2.75, 3.05) is 18.2 Å². The number of hydrogen-bond acceptors (Lipinski definition) is 8. The molecule has 0 radical (unpaired) electrons. The molecule has 0 saturated carbocycles. The van der Waals surface area contributed by atoms with E-state index in [1.807, 2.05) is 19.1 Å². The lowest BCUT2D eigenvalue weighted by atomic mass is 10.2. The molecule has 3 rings (SSSR count). The van der Waals surface area contributed by atoms with E-state index in [4.69, 9.17) is 4.74 Å². The number of nitro groups is 1. The summed E-state index contributed by atoms with van der Waals surface area (Å²) < 4.78 is 6.72. The number of benzene rings is 2. The lowest BCUT2D eigenvalue weighted by Gasteiger charge is -2.09. The zero-order valence-electron chi connectivity index (χ0n) is 15.0. The molecular formula is C17H16N6O4S. The summed E-state index contributed by atoms with van der Waals surface area (Å²) in [7, 11) is 1.59. The van der Waals surface area contributed by atoms with Crippen molar-refractivity contribution in [2.24, 2.45) is 0 Å². The Morgan fingerprint density at radius 3 is 2.82 bits per heavy atom. The maximum absolute atomic E-state index is 12.2. The molecular weight excluding hydrogens is 384 g/mol. The van der Waals surface area contributed by atoms with Gasteiger partial charge >= 0.3 is 0 Å². The first-order chi connectivity index (χ1) is 13.5. The van der Waals surface area contributed by atoms with Gasteiger partial charge in [0.15, 0.2) is 0 Å². The van der Waals surface area contributed by atoms with E-state index >= 15 is 0 Å². The number of amides is 1. The molecule has 0 fully saturated rings. The number of nitro benzene ring substituents is 1. The number of aryl methyl sites for hydroxylation is 1. The van der Waals surface area contributed by atoms with Crippen LogP contribution in [0.25, 0.3) is 5.69 Å². The zero-order chi connectivity index (χ0) is 20.1. The first-order valence-corrected chi connectivity index (χ1v) is 9.07. The van der Waals surface area contributed by atoms with Gasteiger partial charge in [-0.05, 0) is 47.2 Å². The van der Waals surface area contributed by atoms with E-state index < -0.39 is 10.8 Å². The van der Waals surface area contributed by atoms with Gasteiger partial charge in [0.05, 0.1) is 23.5 Å². The van der Waals surface area contributed by atoms with Gasteiger partial charge in [-0.1, -0.05) is 23.9 Å². The predicted octanol–water partition coefficient (Wildman–Crippen LogP) is 2.62. The summed E-state index contributed by atoms with van der Waals surface area (Å²) in [6, 6.07) is 11.4. The molecule has 10 nitrogen and oxygen atoms in total. The molecule has 0 atom stereocenters. The maximum atomic E-state index is 12.2. The Morgan fingerprint density at radius 1 is 1.32 bits per heavy atom. The van der Waals surface area contributed by atoms with Crippen LogP contribution in [0.4, 0.5) is 11.4 Å². The Labute approximate surface area is 164 Å². The van der Waals surface area contributed by atoms with Gasteiger partial charge in [0.2, 0.25) is 11.1 Å². The Kier molecular flexibility index (Phi) is 5.84. The molecule has 0 aliphatic rings. The highest BCUT2D eigenvalue weighted by Crippen LogP contribution is 2.25. The van der Waals surface area contributed by atoms with Crippen molar-refractivity contribution in [1.29, 1.82) is 0 Å². The second-order valence-electron chi connectivity index (χ2n) is 5.64. The number of carbonyl (C=O) groups excluding carboxylic acids is 1. The van der Waals surface area contributed by atoms with Crippen molar-refractivity contribution in [2.45, 2.75) is 12.1 Å². The minimum Gasteiger partial charge on any atom is -0.497 e. The summed E-state index contributed by atoms with van der Waals surface area (Å²) in [5.74, 6) is 0.300. The van der Waals surface area contributed by atoms with E-state index in [2.05, 4.69) is 20.8 Å². The summed E-state index contributed by atoms with van der Waals surface area (Å²) in [6.45, 7) is 1.90. The van der Waals surface area contributed by atoms with Crippen LogP contribution in [0.3, 0.4) is 0 Å². The molecule has 1 aromatic heterocycles. The molecule has 0 unspecified atom stereocenters. The highest BCUT2D eigenvalue weighted by molar-refractivity contribution is 7.99. The Morgan fingerprint density at radius 2 is 2.11 bits per heavy atom. The predicted molar refractivity (Wildman–Crippen MR) is 103 cm³/mol. The van der Waals surface area contributed by atoms with Gasteiger partial charge in [0.25, 0.3) is 5.69 Å². The molecule has 0 saturated heterocycles. The monoisotopic (exact) mass is 400 g/mol. The average Bonchev–Trinajstić information content (AvgIpc) is 3.14. The van der Waals surface area contributed by atoms with Gasteiger partial charge in [0.1, 0.15) is 11.4 Å². The van der Waals surface area contributed by atoms with Crippen molar-refractivity contribution in [3.8, 4) is 11.4 Å². The number of para-hydroxylation sites is 2. The number of methoxy groups -OCH3 is 1. The SMILES string of the molecule is COc1ccc(-n2nnnc2SCC(=O)Nc2ccccc2[N+](=O)[O-])c(C)c1. The number of thioether (sulfide) groups is 1. The van der Waals surface area contributed by atoms with Gasteiger partial charge < -0.3 is 10.1 Å². The van der Waals surface area contributed by atoms with Gasteiger partial charge in [-0.2, -0.15) is 4.68 Å². The van der Waals surface area contributed by atoms with Crippen LogP contribution in [0.5, 0.6) is 5.75 Å². The molecule has 1 amide bonds. The average molecular weight is 400 g/mol. The molecule has 3 aromatic rings. The van der Waals surface area contributed by atoms with Crippen LogP contribution in [-0.4, -0.2) is 43.9 Å². The summed E-state index contributed by atoms with van der Waals surface area (Å²) in [4.78, 5) is 22.7. The standard InChI is InChI=1S/C17H16N6O4S/c1-11-9-12(27-2)7-8-14(11)22-17(19-20-21-22)28-10-16(24)18-13-5-3-4-6-15(13)23(25)26/h3-9H,10H2,1-2H3,(H,18,24). The summed E-state index contributed by atoms with van der Waals surface area (Å²) >= 11 is 1.12. The van der Waals surface area contributed by atoms with E-state index in [1.165, 1.54) is 22.9 Å². The van der Waals surface area contributed by atoms with E-state index in [1.54, 1.807) is 19.2 Å². The lowest BCUT2D eigenvalue weighted by Crippen LogP contribution is -2.15. The van der Waals surface area contributed by atoms with E-state index in [0.717, 1.165) is 23.0 Å². The lowest BCUT2D eigenvalue weighted by molar-refractivity contribution is -0.383. The minimum atomic E-state index is -0.546. The summed E-state index contributed by atoms with van der Waals surface area (Å²) in [5.41, 5.74) is 1.63. The van der Waals surface area contributed by atoms with Crippen LogP contribution in [0.2, 0.25) is 0 Å². The minimum absolute atomic E-state index is 0.0123. The largest absolute Gasteiger partial charge is 0.497 e. The fraction of sp³-hybridized carbons (Fsp3) is 0.176. The second kappa shape index (κ2) is 8.48. The highest BCUT2D eigenvalue weighted by atomic mass is 32.2. The topological polar surface area (TPSA) is 125 Å². The van der Waals surface area contributed by atoms with Crippen LogP contribution in [0.15, 0.2) is 47.6 Å². The van der Waals surface area contributed by atoms with Crippen molar-refractivity contribution in [3.63, 3.8) is 0 Å². The number of anilines is 1. The second-order valence-corrected chi connectivity index (χ2v) is 6.58. The van der Waals surface area contributed by atoms with Crippen molar-refractivity contribution < 1.29 is 14.5 Å². The van der Waals surface area contributed by atoms with Gasteiger partial charge in [-0.15, -0.1) is 5.10 Å². The quantitative estimate of drug-likeness (QED) is 0.364.